The second-order valence-corrected chi connectivity index (χ2v) is 4.00. The summed E-state index contributed by atoms with van der Waals surface area (Å²) in [5, 5.41) is 0. The summed E-state index contributed by atoms with van der Waals surface area (Å²) in [5.74, 6) is 1.13. The molecule has 0 saturated heterocycles. The van der Waals surface area contributed by atoms with Crippen LogP contribution in [-0.2, 0) is 0 Å². The minimum Gasteiger partial charge on any atom is -0.493 e. The normalized spacial score (nSPS) is 10.4. The molecule has 0 unspecified atom stereocenters. The lowest BCUT2D eigenvalue weighted by Crippen LogP contribution is -2.15. The van der Waals surface area contributed by atoms with E-state index in [1.54, 1.807) is 25.3 Å². The quantitative estimate of drug-likeness (QED) is 0.536. The van der Waals surface area contributed by atoms with Crippen molar-refractivity contribution in [2.45, 2.75) is 6.42 Å². The molecular weight excluding hydrogens is 218 g/mol. The first-order valence-corrected chi connectivity index (χ1v) is 5.58. The van der Waals surface area contributed by atoms with Gasteiger partial charge < -0.3 is 14.4 Å². The van der Waals surface area contributed by atoms with E-state index in [4.69, 9.17) is 9.47 Å². The Kier molecular flexibility index (Phi) is 5.49. The molecule has 4 nitrogen and oxygen atoms in total. The zero-order valence-corrected chi connectivity index (χ0v) is 10.6. The number of rotatable bonds is 7. The Balaban J connectivity index is 2.64. The number of hydrogen-bond donors (Lipinski definition) is 0. The van der Waals surface area contributed by atoms with Gasteiger partial charge in [-0.15, -0.1) is 0 Å². The average Bonchev–Trinajstić information content (AvgIpc) is 2.34. The standard InChI is InChI=1S/C13H19NO3/c1-14(2)8-5-9-17-13-11(10-15)6-4-7-12(13)16-3/h4,6-7,10H,5,8-9H2,1-3H3. The van der Waals surface area contributed by atoms with Gasteiger partial charge in [0.1, 0.15) is 0 Å². The molecule has 1 rings (SSSR count). The van der Waals surface area contributed by atoms with Crippen molar-refractivity contribution in [2.75, 3.05) is 34.4 Å². The van der Waals surface area contributed by atoms with E-state index in [0.29, 0.717) is 23.7 Å². The van der Waals surface area contributed by atoms with Crippen LogP contribution in [0, 0.1) is 0 Å². The van der Waals surface area contributed by atoms with E-state index in [1.807, 2.05) is 14.1 Å². The average molecular weight is 237 g/mol. The third-order valence-corrected chi connectivity index (χ3v) is 2.35. The maximum Gasteiger partial charge on any atom is 0.171 e. The highest BCUT2D eigenvalue weighted by molar-refractivity contribution is 5.81. The van der Waals surface area contributed by atoms with Gasteiger partial charge in [0, 0.05) is 6.54 Å². The number of benzene rings is 1. The highest BCUT2D eigenvalue weighted by Crippen LogP contribution is 2.29. The van der Waals surface area contributed by atoms with Crippen molar-refractivity contribution in [1.82, 2.24) is 4.90 Å². The second-order valence-electron chi connectivity index (χ2n) is 4.00. The van der Waals surface area contributed by atoms with Gasteiger partial charge in [0.25, 0.3) is 0 Å². The number of hydrogen-bond acceptors (Lipinski definition) is 4. The number of carbonyl (C=O) groups is 1. The smallest absolute Gasteiger partial charge is 0.171 e. The van der Waals surface area contributed by atoms with Gasteiger partial charge in [0.15, 0.2) is 17.8 Å². The minimum absolute atomic E-state index is 0.522. The molecule has 0 aliphatic carbocycles. The maximum atomic E-state index is 10.9. The molecule has 1 aromatic carbocycles. The molecule has 0 aliphatic heterocycles. The van der Waals surface area contributed by atoms with Crippen LogP contribution < -0.4 is 9.47 Å². The SMILES string of the molecule is COc1cccc(C=O)c1OCCCN(C)C. The van der Waals surface area contributed by atoms with Gasteiger partial charge in [-0.3, -0.25) is 4.79 Å². The van der Waals surface area contributed by atoms with Crippen molar-refractivity contribution < 1.29 is 14.3 Å². The Hall–Kier alpha value is -1.55. The fraction of sp³-hybridized carbons (Fsp3) is 0.462. The van der Waals surface area contributed by atoms with E-state index in [9.17, 15) is 4.79 Å². The molecule has 0 bridgehead atoms. The van der Waals surface area contributed by atoms with Crippen molar-refractivity contribution in [3.8, 4) is 11.5 Å². The number of para-hydroxylation sites is 1. The van der Waals surface area contributed by atoms with E-state index >= 15 is 0 Å². The highest BCUT2D eigenvalue weighted by Gasteiger charge is 2.09. The molecule has 0 heterocycles. The molecule has 0 saturated carbocycles. The molecule has 0 aromatic heterocycles. The first kappa shape index (κ1) is 13.5. The summed E-state index contributed by atoms with van der Waals surface area (Å²) in [5.41, 5.74) is 0.522. The topological polar surface area (TPSA) is 38.8 Å². The Morgan fingerprint density at radius 3 is 2.71 bits per heavy atom. The van der Waals surface area contributed by atoms with Crippen molar-refractivity contribution in [3.63, 3.8) is 0 Å². The van der Waals surface area contributed by atoms with E-state index in [1.165, 1.54) is 0 Å². The molecule has 17 heavy (non-hydrogen) atoms. The molecule has 0 radical (unpaired) electrons. The Labute approximate surface area is 102 Å². The number of carbonyl (C=O) groups excluding carboxylic acids is 1. The van der Waals surface area contributed by atoms with Crippen LogP contribution in [-0.4, -0.2) is 45.5 Å². The molecule has 94 valence electrons. The van der Waals surface area contributed by atoms with Crippen LogP contribution in [0.4, 0.5) is 0 Å². The van der Waals surface area contributed by atoms with Gasteiger partial charge in [-0.05, 0) is 32.6 Å². The molecule has 1 aromatic rings. The summed E-state index contributed by atoms with van der Waals surface area (Å²) in [6.07, 6.45) is 1.69. The van der Waals surface area contributed by atoms with Crippen LogP contribution >= 0.6 is 0 Å². The third kappa shape index (κ3) is 4.07. The summed E-state index contributed by atoms with van der Waals surface area (Å²) in [6, 6.07) is 5.28. The molecule has 0 fully saturated rings. The molecule has 0 aliphatic rings. The Morgan fingerprint density at radius 1 is 1.35 bits per heavy atom. The summed E-state index contributed by atoms with van der Waals surface area (Å²) in [7, 11) is 5.59. The van der Waals surface area contributed by atoms with Crippen molar-refractivity contribution in [3.05, 3.63) is 23.8 Å². The van der Waals surface area contributed by atoms with Crippen LogP contribution in [0.15, 0.2) is 18.2 Å². The fourth-order valence-electron chi connectivity index (χ4n) is 1.50. The van der Waals surface area contributed by atoms with Gasteiger partial charge in [0.05, 0.1) is 19.3 Å². The van der Waals surface area contributed by atoms with Gasteiger partial charge in [-0.25, -0.2) is 0 Å². The summed E-state index contributed by atoms with van der Waals surface area (Å²) >= 11 is 0. The summed E-state index contributed by atoms with van der Waals surface area (Å²) in [4.78, 5) is 13.0. The van der Waals surface area contributed by atoms with E-state index in [-0.39, 0.29) is 0 Å². The lowest BCUT2D eigenvalue weighted by molar-refractivity contribution is 0.111. The van der Waals surface area contributed by atoms with Gasteiger partial charge in [-0.1, -0.05) is 6.07 Å². The second kappa shape index (κ2) is 6.91. The molecule has 4 heteroatoms. The van der Waals surface area contributed by atoms with Crippen LogP contribution in [0.5, 0.6) is 11.5 Å². The monoisotopic (exact) mass is 237 g/mol. The van der Waals surface area contributed by atoms with Crippen molar-refractivity contribution >= 4 is 6.29 Å². The van der Waals surface area contributed by atoms with E-state index < -0.39 is 0 Å². The predicted octanol–water partition coefficient (Wildman–Crippen LogP) is 1.84. The summed E-state index contributed by atoms with van der Waals surface area (Å²) < 4.78 is 10.8. The van der Waals surface area contributed by atoms with E-state index in [2.05, 4.69) is 4.90 Å². The molecule has 0 spiro atoms. The van der Waals surface area contributed by atoms with Crippen LogP contribution in [0.3, 0.4) is 0 Å². The zero-order valence-electron chi connectivity index (χ0n) is 10.6. The lowest BCUT2D eigenvalue weighted by Gasteiger charge is -2.13. The molecule has 0 N–H and O–H groups in total. The number of ether oxygens (including phenoxy) is 2. The van der Waals surface area contributed by atoms with Crippen molar-refractivity contribution in [2.24, 2.45) is 0 Å². The Morgan fingerprint density at radius 2 is 2.12 bits per heavy atom. The zero-order chi connectivity index (χ0) is 12.7. The first-order chi connectivity index (χ1) is 8.19. The van der Waals surface area contributed by atoms with Crippen LogP contribution in [0.25, 0.3) is 0 Å². The third-order valence-electron chi connectivity index (χ3n) is 2.35. The lowest BCUT2D eigenvalue weighted by atomic mass is 10.2. The summed E-state index contributed by atoms with van der Waals surface area (Å²) in [6.45, 7) is 1.52. The number of nitrogens with zero attached hydrogens (tertiary/aromatic N) is 1. The van der Waals surface area contributed by atoms with Crippen LogP contribution in [0.2, 0.25) is 0 Å². The fourth-order valence-corrected chi connectivity index (χ4v) is 1.50. The van der Waals surface area contributed by atoms with Gasteiger partial charge in [-0.2, -0.15) is 0 Å². The maximum absolute atomic E-state index is 10.9. The number of aldehydes is 1. The molecular formula is C13H19NO3. The largest absolute Gasteiger partial charge is 0.493 e. The van der Waals surface area contributed by atoms with E-state index in [0.717, 1.165) is 19.3 Å². The highest BCUT2D eigenvalue weighted by atomic mass is 16.5. The molecule has 0 amide bonds. The Bertz CT molecular complexity index is 364. The molecule has 0 atom stereocenters. The van der Waals surface area contributed by atoms with Gasteiger partial charge >= 0.3 is 0 Å². The number of methoxy groups -OCH3 is 1. The predicted molar refractivity (Wildman–Crippen MR) is 67.0 cm³/mol. The van der Waals surface area contributed by atoms with Crippen molar-refractivity contribution in [1.29, 1.82) is 0 Å². The van der Waals surface area contributed by atoms with Gasteiger partial charge in [0.2, 0.25) is 0 Å². The minimum atomic E-state index is 0.522. The first-order valence-electron chi connectivity index (χ1n) is 5.58. The van der Waals surface area contributed by atoms with Crippen LogP contribution in [0.1, 0.15) is 16.8 Å².